The first-order valence-electron chi connectivity index (χ1n) is 4.97. The van der Waals surface area contributed by atoms with Crippen molar-refractivity contribution < 1.29 is 5.11 Å². The van der Waals surface area contributed by atoms with Crippen molar-refractivity contribution >= 4 is 0 Å². The van der Waals surface area contributed by atoms with Gasteiger partial charge in [-0.2, -0.15) is 0 Å². The van der Waals surface area contributed by atoms with Crippen molar-refractivity contribution in [1.82, 2.24) is 0 Å². The summed E-state index contributed by atoms with van der Waals surface area (Å²) >= 11 is 0. The zero-order valence-corrected chi connectivity index (χ0v) is 8.27. The van der Waals surface area contributed by atoms with E-state index in [-0.39, 0.29) is 6.10 Å². The maximum Gasteiger partial charge on any atom is 0.114 e. The number of rotatable bonds is 5. The summed E-state index contributed by atoms with van der Waals surface area (Å²) < 4.78 is 0. The molecule has 1 N–H and O–H groups in total. The molecule has 70 valence electrons. The highest BCUT2D eigenvalue weighted by atomic mass is 16.3. The summed E-state index contributed by atoms with van der Waals surface area (Å²) in [6, 6.07) is 0. The number of hydrogen-bond acceptors (Lipinski definition) is 1. The van der Waals surface area contributed by atoms with Crippen LogP contribution in [0.5, 0.6) is 0 Å². The summed E-state index contributed by atoms with van der Waals surface area (Å²) in [7, 11) is 0. The predicted octanol–water partition coefficient (Wildman–Crippen LogP) is 2.73. The van der Waals surface area contributed by atoms with Crippen LogP contribution in [0, 0.1) is 11.8 Å². The Hall–Kier alpha value is -0.480. The molecule has 0 heterocycles. The minimum absolute atomic E-state index is 0.387. The molecule has 0 amide bonds. The second-order valence-electron chi connectivity index (χ2n) is 3.08. The van der Waals surface area contributed by atoms with Crippen LogP contribution in [0.2, 0.25) is 0 Å². The Morgan fingerprint density at radius 1 is 1.17 bits per heavy atom. The van der Waals surface area contributed by atoms with Crippen LogP contribution in [0.1, 0.15) is 52.4 Å². The molecule has 0 radical (unpaired) electrons. The zero-order valence-electron chi connectivity index (χ0n) is 8.27. The normalized spacial score (nSPS) is 11.9. The van der Waals surface area contributed by atoms with Gasteiger partial charge in [0.1, 0.15) is 6.10 Å². The van der Waals surface area contributed by atoms with E-state index in [1.165, 1.54) is 6.42 Å². The van der Waals surface area contributed by atoms with Crippen molar-refractivity contribution in [1.29, 1.82) is 0 Å². The molecule has 1 heteroatoms. The lowest BCUT2D eigenvalue weighted by Gasteiger charge is -1.99. The van der Waals surface area contributed by atoms with Gasteiger partial charge in [-0.1, -0.05) is 39.0 Å². The molecular weight excluding hydrogens is 148 g/mol. The van der Waals surface area contributed by atoms with Crippen molar-refractivity contribution in [3.8, 4) is 11.8 Å². The summed E-state index contributed by atoms with van der Waals surface area (Å²) in [5.74, 6) is 5.85. The van der Waals surface area contributed by atoms with E-state index in [4.69, 9.17) is 0 Å². The van der Waals surface area contributed by atoms with Gasteiger partial charge in [-0.05, 0) is 12.8 Å². The second-order valence-corrected chi connectivity index (χ2v) is 3.08. The van der Waals surface area contributed by atoms with Gasteiger partial charge in [0.2, 0.25) is 0 Å². The Balaban J connectivity index is 3.36. The van der Waals surface area contributed by atoms with Crippen molar-refractivity contribution in [3.63, 3.8) is 0 Å². The largest absolute Gasteiger partial charge is 0.380 e. The van der Waals surface area contributed by atoms with Gasteiger partial charge in [-0.25, -0.2) is 0 Å². The molecule has 0 aliphatic carbocycles. The van der Waals surface area contributed by atoms with Gasteiger partial charge in [0.25, 0.3) is 0 Å². The van der Waals surface area contributed by atoms with Crippen LogP contribution in [-0.2, 0) is 0 Å². The van der Waals surface area contributed by atoms with Crippen LogP contribution in [0.25, 0.3) is 0 Å². The van der Waals surface area contributed by atoms with Gasteiger partial charge in [-0.3, -0.25) is 0 Å². The topological polar surface area (TPSA) is 20.2 Å². The van der Waals surface area contributed by atoms with Gasteiger partial charge in [0.15, 0.2) is 0 Å². The molecule has 1 atom stereocenters. The van der Waals surface area contributed by atoms with Gasteiger partial charge >= 0.3 is 0 Å². The molecule has 0 spiro atoms. The SMILES string of the molecule is CCCCC#C[C@H](O)CCCC. The van der Waals surface area contributed by atoms with E-state index in [1.54, 1.807) is 0 Å². The summed E-state index contributed by atoms with van der Waals surface area (Å²) in [4.78, 5) is 0. The van der Waals surface area contributed by atoms with Crippen LogP contribution in [0.4, 0.5) is 0 Å². The maximum atomic E-state index is 9.31. The minimum Gasteiger partial charge on any atom is -0.380 e. The monoisotopic (exact) mass is 168 g/mol. The zero-order chi connectivity index (χ0) is 9.23. The van der Waals surface area contributed by atoms with Gasteiger partial charge in [-0.15, -0.1) is 5.92 Å². The molecule has 12 heavy (non-hydrogen) atoms. The van der Waals surface area contributed by atoms with Gasteiger partial charge in [0, 0.05) is 6.42 Å². The molecule has 0 aliphatic rings. The molecule has 0 saturated heterocycles. The van der Waals surface area contributed by atoms with Crippen molar-refractivity contribution in [3.05, 3.63) is 0 Å². The first-order valence-corrected chi connectivity index (χ1v) is 4.97. The molecule has 0 aromatic carbocycles. The lowest BCUT2D eigenvalue weighted by Crippen LogP contribution is -2.01. The molecule has 0 fully saturated rings. The fraction of sp³-hybridized carbons (Fsp3) is 0.818. The predicted molar refractivity (Wildman–Crippen MR) is 52.8 cm³/mol. The first-order chi connectivity index (χ1) is 5.81. The van der Waals surface area contributed by atoms with E-state index in [0.717, 1.165) is 32.1 Å². The average molecular weight is 168 g/mol. The van der Waals surface area contributed by atoms with E-state index in [1.807, 2.05) is 0 Å². The third-order valence-electron chi connectivity index (χ3n) is 1.76. The number of hydrogen-bond donors (Lipinski definition) is 1. The molecule has 0 aromatic rings. The Morgan fingerprint density at radius 3 is 2.42 bits per heavy atom. The Bertz CT molecular complexity index is 141. The number of aliphatic hydroxyl groups excluding tert-OH is 1. The molecule has 0 unspecified atom stereocenters. The average Bonchev–Trinajstić information content (AvgIpc) is 2.09. The fourth-order valence-corrected chi connectivity index (χ4v) is 0.925. The van der Waals surface area contributed by atoms with E-state index in [9.17, 15) is 5.11 Å². The highest BCUT2D eigenvalue weighted by molar-refractivity contribution is 5.04. The van der Waals surface area contributed by atoms with Crippen LogP contribution >= 0.6 is 0 Å². The van der Waals surface area contributed by atoms with Gasteiger partial charge in [0.05, 0.1) is 0 Å². The molecule has 0 rings (SSSR count). The number of aliphatic hydroxyl groups is 1. The molecule has 0 aliphatic heterocycles. The van der Waals surface area contributed by atoms with Crippen LogP contribution in [0.3, 0.4) is 0 Å². The molecule has 0 saturated carbocycles. The highest BCUT2D eigenvalue weighted by Gasteiger charge is 1.95. The third kappa shape index (κ3) is 7.63. The Labute approximate surface area is 76.2 Å². The summed E-state index contributed by atoms with van der Waals surface area (Å²) in [6.07, 6.45) is 5.90. The fourth-order valence-electron chi connectivity index (χ4n) is 0.925. The molecule has 1 nitrogen and oxygen atoms in total. The van der Waals surface area contributed by atoms with Gasteiger partial charge < -0.3 is 5.11 Å². The molecule has 0 aromatic heterocycles. The minimum atomic E-state index is -0.387. The maximum absolute atomic E-state index is 9.31. The summed E-state index contributed by atoms with van der Waals surface area (Å²) in [6.45, 7) is 4.27. The smallest absolute Gasteiger partial charge is 0.114 e. The van der Waals surface area contributed by atoms with E-state index < -0.39 is 0 Å². The molecule has 0 bridgehead atoms. The van der Waals surface area contributed by atoms with Crippen molar-refractivity contribution in [2.24, 2.45) is 0 Å². The lowest BCUT2D eigenvalue weighted by molar-refractivity contribution is 0.218. The second kappa shape index (κ2) is 8.62. The Morgan fingerprint density at radius 2 is 1.83 bits per heavy atom. The molecular formula is C11H20O. The summed E-state index contributed by atoms with van der Waals surface area (Å²) in [5.41, 5.74) is 0. The standard InChI is InChI=1S/C11H20O/c1-3-5-7-8-10-11(12)9-6-4-2/h11-12H,3-7,9H2,1-2H3/t11-/m1/s1. The van der Waals surface area contributed by atoms with Crippen molar-refractivity contribution in [2.45, 2.75) is 58.5 Å². The van der Waals surface area contributed by atoms with Crippen molar-refractivity contribution in [2.75, 3.05) is 0 Å². The number of unbranched alkanes of at least 4 members (excludes halogenated alkanes) is 3. The highest BCUT2D eigenvalue weighted by Crippen LogP contribution is 1.99. The van der Waals surface area contributed by atoms with Crippen LogP contribution in [0.15, 0.2) is 0 Å². The van der Waals surface area contributed by atoms with Crippen LogP contribution < -0.4 is 0 Å². The summed E-state index contributed by atoms with van der Waals surface area (Å²) in [5, 5.41) is 9.31. The quantitative estimate of drug-likeness (QED) is 0.494. The van der Waals surface area contributed by atoms with E-state index in [2.05, 4.69) is 25.7 Å². The first kappa shape index (κ1) is 11.5. The van der Waals surface area contributed by atoms with Crippen LogP contribution in [-0.4, -0.2) is 11.2 Å². The lowest BCUT2D eigenvalue weighted by atomic mass is 10.1. The third-order valence-corrected chi connectivity index (χ3v) is 1.76. The van der Waals surface area contributed by atoms with E-state index >= 15 is 0 Å². The Kier molecular flexibility index (Phi) is 8.27. The van der Waals surface area contributed by atoms with E-state index in [0.29, 0.717) is 0 Å².